The van der Waals surface area contributed by atoms with Gasteiger partial charge in [0.1, 0.15) is 0 Å². The van der Waals surface area contributed by atoms with Gasteiger partial charge < -0.3 is 0 Å². The lowest BCUT2D eigenvalue weighted by Gasteiger charge is -2.23. The molecule has 0 bridgehead atoms. The van der Waals surface area contributed by atoms with E-state index in [1.54, 1.807) is 11.4 Å². The normalized spacial score (nSPS) is 21.1. The lowest BCUT2D eigenvalue weighted by atomic mass is 10.1. The molecule has 1 atom stereocenters. The smallest absolute Gasteiger partial charge is 0.255 e. The number of nitrogens with zero attached hydrogens (tertiary/aromatic N) is 3. The van der Waals surface area contributed by atoms with Gasteiger partial charge in [-0.25, -0.2) is 8.42 Å². The third kappa shape index (κ3) is 2.91. The Labute approximate surface area is 123 Å². The van der Waals surface area contributed by atoms with Gasteiger partial charge in [-0.2, -0.15) is 9.40 Å². The van der Waals surface area contributed by atoms with Gasteiger partial charge in [-0.3, -0.25) is 4.68 Å². The molecule has 19 heavy (non-hydrogen) atoms. The van der Waals surface area contributed by atoms with Gasteiger partial charge in [0.25, 0.3) is 10.0 Å². The fourth-order valence-corrected chi connectivity index (χ4v) is 5.02. The van der Waals surface area contributed by atoms with Crippen molar-refractivity contribution in [3.63, 3.8) is 0 Å². The summed E-state index contributed by atoms with van der Waals surface area (Å²) in [5.74, 6) is 0.552. The third-order valence-corrected chi connectivity index (χ3v) is 6.12. The molecule has 2 heterocycles. The molecule has 0 N–H and O–H groups in total. The van der Waals surface area contributed by atoms with E-state index in [0.717, 1.165) is 25.7 Å². The Balaban J connectivity index is 2.29. The first-order chi connectivity index (χ1) is 8.98. The fraction of sp³-hybridized carbons (Fsp3) is 0.727. The van der Waals surface area contributed by atoms with Gasteiger partial charge in [-0.1, -0.05) is 11.6 Å². The third-order valence-electron chi connectivity index (χ3n) is 3.39. The maximum atomic E-state index is 12.7. The van der Waals surface area contributed by atoms with Gasteiger partial charge in [0.2, 0.25) is 0 Å². The number of aryl methyl sites for hydroxylation is 1. The monoisotopic (exact) mass is 325 g/mol. The van der Waals surface area contributed by atoms with Crippen LogP contribution in [-0.2, 0) is 17.1 Å². The van der Waals surface area contributed by atoms with E-state index in [-0.39, 0.29) is 16.1 Å². The number of alkyl halides is 1. The predicted molar refractivity (Wildman–Crippen MR) is 75.1 cm³/mol. The first-order valence-corrected chi connectivity index (χ1v) is 8.59. The second kappa shape index (κ2) is 5.99. The minimum absolute atomic E-state index is 0.0229. The van der Waals surface area contributed by atoms with Crippen LogP contribution < -0.4 is 0 Å². The van der Waals surface area contributed by atoms with Crippen LogP contribution in [-0.4, -0.2) is 41.0 Å². The molecule has 1 fully saturated rings. The molecule has 0 amide bonds. The van der Waals surface area contributed by atoms with Crippen molar-refractivity contribution in [3.8, 4) is 0 Å². The Morgan fingerprint density at radius 3 is 2.84 bits per heavy atom. The first-order valence-electron chi connectivity index (χ1n) is 6.23. The largest absolute Gasteiger partial charge is 0.261 e. The van der Waals surface area contributed by atoms with Crippen molar-refractivity contribution < 1.29 is 8.42 Å². The Bertz CT molecular complexity index is 525. The molecule has 0 spiro atoms. The Morgan fingerprint density at radius 2 is 2.26 bits per heavy atom. The molecule has 1 unspecified atom stereocenters. The fourth-order valence-electron chi connectivity index (χ4n) is 2.53. The van der Waals surface area contributed by atoms with E-state index in [9.17, 15) is 8.42 Å². The highest BCUT2D eigenvalue weighted by Gasteiger charge is 2.37. The zero-order valence-corrected chi connectivity index (χ0v) is 13.0. The zero-order valence-electron chi connectivity index (χ0n) is 10.7. The number of sulfonamides is 1. The van der Waals surface area contributed by atoms with Crippen LogP contribution in [0, 0.1) is 0 Å². The summed E-state index contributed by atoms with van der Waals surface area (Å²) in [6, 6.07) is 0.0229. The number of rotatable bonds is 5. The Kier molecular flexibility index (Phi) is 4.76. The van der Waals surface area contributed by atoms with Crippen LogP contribution in [0.4, 0.5) is 0 Å². The van der Waals surface area contributed by atoms with Gasteiger partial charge in [-0.05, 0) is 25.7 Å². The summed E-state index contributed by atoms with van der Waals surface area (Å²) < 4.78 is 28.2. The van der Waals surface area contributed by atoms with Crippen LogP contribution in [0.5, 0.6) is 0 Å². The topological polar surface area (TPSA) is 55.2 Å². The van der Waals surface area contributed by atoms with Crippen molar-refractivity contribution >= 4 is 33.2 Å². The molecule has 0 aliphatic carbocycles. The molecular formula is C11H17Cl2N3O2S. The van der Waals surface area contributed by atoms with Crippen LogP contribution >= 0.6 is 23.2 Å². The lowest BCUT2D eigenvalue weighted by Crippen LogP contribution is -2.36. The van der Waals surface area contributed by atoms with E-state index >= 15 is 0 Å². The van der Waals surface area contributed by atoms with E-state index in [1.165, 1.54) is 10.9 Å². The molecule has 108 valence electrons. The molecule has 0 radical (unpaired) electrons. The van der Waals surface area contributed by atoms with Gasteiger partial charge >= 0.3 is 0 Å². The lowest BCUT2D eigenvalue weighted by molar-refractivity contribution is 0.365. The Hall–Kier alpha value is -0.300. The molecule has 8 heteroatoms. The standard InChI is InChI=1S/C11H17Cl2N3O2S/c1-15-11(10(13)8-14-15)19(17,18)16-7-3-5-9(16)4-2-6-12/h8-9H,2-7H2,1H3. The minimum Gasteiger partial charge on any atom is -0.255 e. The van der Waals surface area contributed by atoms with Crippen molar-refractivity contribution in [2.75, 3.05) is 12.4 Å². The van der Waals surface area contributed by atoms with Crippen molar-refractivity contribution in [1.29, 1.82) is 0 Å². The number of aromatic nitrogens is 2. The van der Waals surface area contributed by atoms with Crippen LogP contribution in [0.3, 0.4) is 0 Å². The maximum absolute atomic E-state index is 12.7. The molecule has 0 aromatic carbocycles. The summed E-state index contributed by atoms with van der Waals surface area (Å²) >= 11 is 11.6. The van der Waals surface area contributed by atoms with Crippen molar-refractivity contribution in [3.05, 3.63) is 11.2 Å². The van der Waals surface area contributed by atoms with E-state index in [2.05, 4.69) is 5.10 Å². The quantitative estimate of drug-likeness (QED) is 0.780. The highest BCUT2D eigenvalue weighted by Crippen LogP contribution is 2.31. The highest BCUT2D eigenvalue weighted by atomic mass is 35.5. The van der Waals surface area contributed by atoms with Gasteiger partial charge in [0.05, 0.1) is 11.2 Å². The SMILES string of the molecule is Cn1ncc(Cl)c1S(=O)(=O)N1CCCC1CCCCl. The summed E-state index contributed by atoms with van der Waals surface area (Å²) in [5.41, 5.74) is 0. The highest BCUT2D eigenvalue weighted by molar-refractivity contribution is 7.89. The summed E-state index contributed by atoms with van der Waals surface area (Å²) in [5, 5.41) is 4.15. The molecule has 1 aromatic rings. The average Bonchev–Trinajstić information content (AvgIpc) is 2.94. The van der Waals surface area contributed by atoms with Crippen LogP contribution in [0.25, 0.3) is 0 Å². The van der Waals surface area contributed by atoms with E-state index in [1.807, 2.05) is 0 Å². The zero-order chi connectivity index (χ0) is 14.0. The molecular weight excluding hydrogens is 309 g/mol. The van der Waals surface area contributed by atoms with Crippen molar-refractivity contribution in [2.24, 2.45) is 7.05 Å². The molecule has 2 rings (SSSR count). The minimum atomic E-state index is -3.58. The summed E-state index contributed by atoms with van der Waals surface area (Å²) in [4.78, 5) is 0. The molecule has 0 saturated carbocycles. The molecule has 1 aliphatic rings. The summed E-state index contributed by atoms with van der Waals surface area (Å²) in [6.45, 7) is 0.538. The van der Waals surface area contributed by atoms with Gasteiger partial charge in [-0.15, -0.1) is 11.6 Å². The van der Waals surface area contributed by atoms with Crippen LogP contribution in [0.2, 0.25) is 5.02 Å². The molecule has 5 nitrogen and oxygen atoms in total. The average molecular weight is 326 g/mol. The predicted octanol–water partition coefficient (Wildman–Crippen LogP) is 2.25. The maximum Gasteiger partial charge on any atom is 0.261 e. The summed E-state index contributed by atoms with van der Waals surface area (Å²) in [6.07, 6.45) is 4.72. The van der Waals surface area contributed by atoms with Crippen LogP contribution in [0.1, 0.15) is 25.7 Å². The molecule has 1 saturated heterocycles. The van der Waals surface area contributed by atoms with E-state index < -0.39 is 10.0 Å². The molecule has 1 aromatic heterocycles. The number of halogens is 2. The molecule has 1 aliphatic heterocycles. The van der Waals surface area contributed by atoms with Gasteiger partial charge in [0.15, 0.2) is 5.03 Å². The van der Waals surface area contributed by atoms with Gasteiger partial charge in [0, 0.05) is 25.5 Å². The second-order valence-corrected chi connectivity index (χ2v) is 7.26. The second-order valence-electron chi connectivity index (χ2n) is 4.66. The number of hydrogen-bond acceptors (Lipinski definition) is 3. The van der Waals surface area contributed by atoms with Crippen molar-refractivity contribution in [2.45, 2.75) is 36.8 Å². The number of hydrogen-bond donors (Lipinski definition) is 0. The van der Waals surface area contributed by atoms with E-state index in [0.29, 0.717) is 12.4 Å². The van der Waals surface area contributed by atoms with Crippen molar-refractivity contribution in [1.82, 2.24) is 14.1 Å². The van der Waals surface area contributed by atoms with Crippen LogP contribution in [0.15, 0.2) is 11.2 Å². The first kappa shape index (κ1) is 15.1. The Morgan fingerprint density at radius 1 is 1.53 bits per heavy atom. The van der Waals surface area contributed by atoms with E-state index in [4.69, 9.17) is 23.2 Å². The summed E-state index contributed by atoms with van der Waals surface area (Å²) in [7, 11) is -1.99.